The van der Waals surface area contributed by atoms with E-state index in [1.165, 1.54) is 6.07 Å². The van der Waals surface area contributed by atoms with E-state index in [9.17, 15) is 19.7 Å². The molecule has 2 aromatic carbocycles. The van der Waals surface area contributed by atoms with Crippen LogP contribution in [0, 0.1) is 10.1 Å². The second-order valence-electron chi connectivity index (χ2n) is 5.40. The van der Waals surface area contributed by atoms with Crippen molar-refractivity contribution in [2.45, 2.75) is 6.42 Å². The zero-order chi connectivity index (χ0) is 18.9. The average Bonchev–Trinajstić information content (AvgIpc) is 2.65. The molecule has 0 bridgehead atoms. The predicted octanol–water partition coefficient (Wildman–Crippen LogP) is 1.69. The Morgan fingerprint density at radius 1 is 1.04 bits per heavy atom. The van der Waals surface area contributed by atoms with Crippen molar-refractivity contribution < 1.29 is 19.2 Å². The first-order valence-electron chi connectivity index (χ1n) is 7.92. The second-order valence-corrected chi connectivity index (χ2v) is 5.40. The average molecular weight is 357 g/mol. The molecule has 0 unspecified atom stereocenters. The van der Waals surface area contributed by atoms with Crippen LogP contribution in [-0.4, -0.2) is 36.9 Å². The highest BCUT2D eigenvalue weighted by atomic mass is 16.6. The van der Waals surface area contributed by atoms with Gasteiger partial charge in [0.15, 0.2) is 0 Å². The highest BCUT2D eigenvalue weighted by molar-refractivity contribution is 5.94. The Kier molecular flexibility index (Phi) is 6.67. The Bertz CT molecular complexity index is 790. The topological polar surface area (TPSA) is 111 Å². The van der Waals surface area contributed by atoms with E-state index in [1.807, 2.05) is 0 Å². The van der Waals surface area contributed by atoms with Crippen LogP contribution in [0.1, 0.15) is 15.9 Å². The Balaban J connectivity index is 1.76. The third-order valence-corrected chi connectivity index (χ3v) is 3.62. The van der Waals surface area contributed by atoms with Crippen LogP contribution in [0.25, 0.3) is 0 Å². The van der Waals surface area contributed by atoms with Gasteiger partial charge in [0.25, 0.3) is 11.6 Å². The number of rotatable bonds is 8. The molecule has 0 atom stereocenters. The standard InChI is InChI=1S/C18H19N3O5/c1-26-15-8-6-13(7-9-15)18(23)20-11-10-19-17(22)12-14-4-2-3-5-16(14)21(24)25/h2-9H,10-12H2,1H3,(H,19,22)(H,20,23). The molecule has 2 amide bonds. The number of para-hydroxylation sites is 1. The molecule has 0 aromatic heterocycles. The largest absolute Gasteiger partial charge is 0.497 e. The first kappa shape index (κ1) is 18.9. The minimum atomic E-state index is -0.516. The van der Waals surface area contributed by atoms with E-state index in [0.29, 0.717) is 16.9 Å². The van der Waals surface area contributed by atoms with Gasteiger partial charge in [-0.2, -0.15) is 0 Å². The summed E-state index contributed by atoms with van der Waals surface area (Å²) >= 11 is 0. The number of methoxy groups -OCH3 is 1. The number of nitro benzene ring substituents is 1. The number of ether oxygens (including phenoxy) is 1. The number of nitro groups is 1. The monoisotopic (exact) mass is 357 g/mol. The molecule has 8 heteroatoms. The maximum Gasteiger partial charge on any atom is 0.273 e. The predicted molar refractivity (Wildman–Crippen MR) is 95.1 cm³/mol. The van der Waals surface area contributed by atoms with Gasteiger partial charge in [0, 0.05) is 30.3 Å². The van der Waals surface area contributed by atoms with Crippen molar-refractivity contribution in [3.05, 3.63) is 69.8 Å². The van der Waals surface area contributed by atoms with E-state index in [4.69, 9.17) is 4.74 Å². The van der Waals surface area contributed by atoms with Crippen molar-refractivity contribution in [3.63, 3.8) is 0 Å². The maximum atomic E-state index is 12.0. The van der Waals surface area contributed by atoms with Gasteiger partial charge in [-0.1, -0.05) is 18.2 Å². The van der Waals surface area contributed by atoms with E-state index < -0.39 is 4.92 Å². The minimum Gasteiger partial charge on any atom is -0.497 e. The zero-order valence-corrected chi connectivity index (χ0v) is 14.2. The third kappa shape index (κ3) is 5.30. The molecule has 0 heterocycles. The highest BCUT2D eigenvalue weighted by Crippen LogP contribution is 2.17. The van der Waals surface area contributed by atoms with Gasteiger partial charge in [-0.25, -0.2) is 0 Å². The fourth-order valence-electron chi connectivity index (χ4n) is 2.30. The number of nitrogens with zero attached hydrogens (tertiary/aromatic N) is 1. The van der Waals surface area contributed by atoms with Crippen molar-refractivity contribution in [1.82, 2.24) is 10.6 Å². The number of benzene rings is 2. The molecule has 0 fully saturated rings. The normalized spacial score (nSPS) is 10.0. The van der Waals surface area contributed by atoms with Gasteiger partial charge >= 0.3 is 0 Å². The lowest BCUT2D eigenvalue weighted by atomic mass is 10.1. The number of nitrogens with one attached hydrogen (secondary N) is 2. The lowest BCUT2D eigenvalue weighted by molar-refractivity contribution is -0.385. The molecular weight excluding hydrogens is 338 g/mol. The molecule has 0 spiro atoms. The zero-order valence-electron chi connectivity index (χ0n) is 14.2. The minimum absolute atomic E-state index is 0.0875. The quantitative estimate of drug-likeness (QED) is 0.424. The summed E-state index contributed by atoms with van der Waals surface area (Å²) < 4.78 is 5.02. The summed E-state index contributed by atoms with van der Waals surface area (Å²) in [6.45, 7) is 0.467. The van der Waals surface area contributed by atoms with Gasteiger partial charge in [0.1, 0.15) is 5.75 Å². The van der Waals surface area contributed by atoms with Crippen LogP contribution >= 0.6 is 0 Å². The van der Waals surface area contributed by atoms with Crippen LogP contribution in [0.3, 0.4) is 0 Å². The fourth-order valence-corrected chi connectivity index (χ4v) is 2.30. The summed E-state index contributed by atoms with van der Waals surface area (Å²) in [5, 5.41) is 16.2. The van der Waals surface area contributed by atoms with Crippen LogP contribution in [0.4, 0.5) is 5.69 Å². The van der Waals surface area contributed by atoms with Gasteiger partial charge in [0.05, 0.1) is 18.5 Å². The second kappa shape index (κ2) is 9.16. The van der Waals surface area contributed by atoms with E-state index >= 15 is 0 Å². The van der Waals surface area contributed by atoms with E-state index in [2.05, 4.69) is 10.6 Å². The first-order valence-corrected chi connectivity index (χ1v) is 7.92. The van der Waals surface area contributed by atoms with Crippen LogP contribution in [0.15, 0.2) is 48.5 Å². The van der Waals surface area contributed by atoms with Crippen LogP contribution in [-0.2, 0) is 11.2 Å². The van der Waals surface area contributed by atoms with E-state index in [0.717, 1.165) is 0 Å². The third-order valence-electron chi connectivity index (χ3n) is 3.62. The van der Waals surface area contributed by atoms with E-state index in [-0.39, 0.29) is 37.0 Å². The molecule has 0 saturated heterocycles. The SMILES string of the molecule is COc1ccc(C(=O)NCCNC(=O)Cc2ccccc2[N+](=O)[O-])cc1. The molecule has 2 aromatic rings. The van der Waals surface area contributed by atoms with Crippen LogP contribution in [0.2, 0.25) is 0 Å². The number of amides is 2. The fraction of sp³-hybridized carbons (Fsp3) is 0.222. The van der Waals surface area contributed by atoms with Gasteiger partial charge < -0.3 is 15.4 Å². The van der Waals surface area contributed by atoms with Crippen molar-refractivity contribution in [2.75, 3.05) is 20.2 Å². The molecule has 8 nitrogen and oxygen atoms in total. The van der Waals surface area contributed by atoms with Gasteiger partial charge in [-0.05, 0) is 24.3 Å². The van der Waals surface area contributed by atoms with Crippen molar-refractivity contribution in [2.24, 2.45) is 0 Å². The number of hydrogen-bond acceptors (Lipinski definition) is 5. The Hall–Kier alpha value is -3.42. The summed E-state index contributed by atoms with van der Waals surface area (Å²) in [4.78, 5) is 34.3. The number of carbonyl (C=O) groups is 2. The molecule has 0 aliphatic heterocycles. The summed E-state index contributed by atoms with van der Waals surface area (Å²) in [6, 6.07) is 12.7. The maximum absolute atomic E-state index is 12.0. The lowest BCUT2D eigenvalue weighted by Crippen LogP contribution is -2.35. The van der Waals surface area contributed by atoms with E-state index in [1.54, 1.807) is 49.6 Å². The summed E-state index contributed by atoms with van der Waals surface area (Å²) in [5.41, 5.74) is 0.741. The van der Waals surface area contributed by atoms with Gasteiger partial charge in [-0.15, -0.1) is 0 Å². The summed E-state index contributed by atoms with van der Waals surface area (Å²) in [6.07, 6.45) is -0.0937. The summed E-state index contributed by atoms with van der Waals surface area (Å²) in [5.74, 6) is 0.0439. The van der Waals surface area contributed by atoms with Crippen molar-refractivity contribution in [1.29, 1.82) is 0 Å². The highest BCUT2D eigenvalue weighted by Gasteiger charge is 2.15. The molecular formula is C18H19N3O5. The lowest BCUT2D eigenvalue weighted by Gasteiger charge is -2.08. The first-order chi connectivity index (χ1) is 12.5. The Morgan fingerprint density at radius 3 is 2.35 bits per heavy atom. The van der Waals surface area contributed by atoms with Crippen LogP contribution < -0.4 is 15.4 Å². The summed E-state index contributed by atoms with van der Waals surface area (Å²) in [7, 11) is 1.54. The number of hydrogen-bond donors (Lipinski definition) is 2. The molecule has 2 rings (SSSR count). The molecule has 0 saturated carbocycles. The van der Waals surface area contributed by atoms with Gasteiger partial charge in [0.2, 0.25) is 5.91 Å². The van der Waals surface area contributed by atoms with Gasteiger partial charge in [-0.3, -0.25) is 19.7 Å². The van der Waals surface area contributed by atoms with Crippen LogP contribution in [0.5, 0.6) is 5.75 Å². The molecule has 26 heavy (non-hydrogen) atoms. The Morgan fingerprint density at radius 2 is 1.69 bits per heavy atom. The molecule has 0 aliphatic rings. The van der Waals surface area contributed by atoms with Crippen molar-refractivity contribution in [3.8, 4) is 5.75 Å². The molecule has 0 aliphatic carbocycles. The smallest absolute Gasteiger partial charge is 0.273 e. The Labute approximate surface area is 150 Å². The molecule has 2 N–H and O–H groups in total. The van der Waals surface area contributed by atoms with Crippen molar-refractivity contribution >= 4 is 17.5 Å². The molecule has 0 radical (unpaired) electrons. The number of carbonyl (C=O) groups excluding carboxylic acids is 2. The molecule has 136 valence electrons.